The Kier molecular flexibility index (Phi) is 4.77. The highest BCUT2D eigenvalue weighted by molar-refractivity contribution is 5.43. The summed E-state index contributed by atoms with van der Waals surface area (Å²) < 4.78 is 0. The molecule has 2 fully saturated rings. The number of nitrogens with zero attached hydrogens (tertiary/aromatic N) is 1. The van der Waals surface area contributed by atoms with Gasteiger partial charge in [0.25, 0.3) is 0 Å². The molecule has 1 heterocycles. The number of likely N-dealkylation sites (tertiary alicyclic amines) is 1. The van der Waals surface area contributed by atoms with Gasteiger partial charge in [-0.25, -0.2) is 0 Å². The van der Waals surface area contributed by atoms with E-state index in [-0.39, 0.29) is 12.5 Å². The Labute approximate surface area is 139 Å². The molecule has 1 aliphatic heterocycles. The van der Waals surface area contributed by atoms with Crippen molar-refractivity contribution in [1.29, 1.82) is 0 Å². The minimum absolute atomic E-state index is 0.135. The van der Waals surface area contributed by atoms with Crippen LogP contribution in [0.25, 0.3) is 0 Å². The second kappa shape index (κ2) is 6.65. The summed E-state index contributed by atoms with van der Waals surface area (Å²) in [6.07, 6.45) is 10.1. The fraction of sp³-hybridized carbons (Fsp3) is 0.600. The van der Waals surface area contributed by atoms with Crippen LogP contribution in [0.15, 0.2) is 18.2 Å². The Bertz CT molecular complexity index is 598. The van der Waals surface area contributed by atoms with E-state index in [0.29, 0.717) is 5.92 Å². The predicted molar refractivity (Wildman–Crippen MR) is 92.1 cm³/mol. The molecule has 0 amide bonds. The maximum atomic E-state index is 10.4. The molecule has 0 spiro atoms. The van der Waals surface area contributed by atoms with Crippen molar-refractivity contribution in [3.8, 4) is 12.3 Å². The summed E-state index contributed by atoms with van der Waals surface area (Å²) in [6, 6.07) is 6.39. The maximum Gasteiger partial charge on any atom is 0.0889 e. The highest BCUT2D eigenvalue weighted by Crippen LogP contribution is 2.42. The third-order valence-corrected chi connectivity index (χ3v) is 5.43. The number of hydrogen-bond donors (Lipinski definition) is 2. The van der Waals surface area contributed by atoms with E-state index in [9.17, 15) is 10.2 Å². The first kappa shape index (κ1) is 16.5. The topological polar surface area (TPSA) is 43.7 Å². The molecule has 1 aliphatic carbocycles. The Hall–Kier alpha value is -1.34. The van der Waals surface area contributed by atoms with Crippen molar-refractivity contribution in [2.75, 3.05) is 19.7 Å². The lowest BCUT2D eigenvalue weighted by molar-refractivity contribution is -0.0697. The van der Waals surface area contributed by atoms with Gasteiger partial charge >= 0.3 is 0 Å². The third kappa shape index (κ3) is 3.77. The second-order valence-corrected chi connectivity index (χ2v) is 7.42. The van der Waals surface area contributed by atoms with E-state index >= 15 is 0 Å². The normalized spacial score (nSPS) is 24.9. The van der Waals surface area contributed by atoms with Crippen molar-refractivity contribution in [1.82, 2.24) is 4.90 Å². The van der Waals surface area contributed by atoms with Crippen LogP contribution in [-0.4, -0.2) is 40.4 Å². The fourth-order valence-corrected chi connectivity index (χ4v) is 3.68. The molecule has 2 N–H and O–H groups in total. The molecule has 0 unspecified atom stereocenters. The van der Waals surface area contributed by atoms with Gasteiger partial charge in [0, 0.05) is 24.6 Å². The molecule has 3 rings (SSSR count). The largest absolute Gasteiger partial charge is 0.393 e. The first-order valence-electron chi connectivity index (χ1n) is 8.68. The molecular weight excluding hydrogens is 286 g/mol. The zero-order chi connectivity index (χ0) is 16.4. The molecule has 3 heteroatoms. The minimum Gasteiger partial charge on any atom is -0.393 e. The zero-order valence-electron chi connectivity index (χ0n) is 14.0. The average molecular weight is 313 g/mol. The number of benzene rings is 1. The Morgan fingerprint density at radius 1 is 1.35 bits per heavy atom. The number of rotatable bonds is 5. The van der Waals surface area contributed by atoms with Crippen LogP contribution < -0.4 is 0 Å². The van der Waals surface area contributed by atoms with Gasteiger partial charge in [0.2, 0.25) is 0 Å². The van der Waals surface area contributed by atoms with Crippen molar-refractivity contribution in [3.63, 3.8) is 0 Å². The predicted octanol–water partition coefficient (Wildman–Crippen LogP) is 2.50. The van der Waals surface area contributed by atoms with Gasteiger partial charge in [-0.15, -0.1) is 6.42 Å². The van der Waals surface area contributed by atoms with E-state index in [0.717, 1.165) is 38.0 Å². The van der Waals surface area contributed by atoms with Gasteiger partial charge < -0.3 is 10.2 Å². The molecule has 23 heavy (non-hydrogen) atoms. The maximum absolute atomic E-state index is 10.4. The van der Waals surface area contributed by atoms with Crippen molar-refractivity contribution in [2.24, 2.45) is 5.92 Å². The van der Waals surface area contributed by atoms with Crippen LogP contribution >= 0.6 is 0 Å². The van der Waals surface area contributed by atoms with Gasteiger partial charge in [-0.3, -0.25) is 4.90 Å². The van der Waals surface area contributed by atoms with Crippen molar-refractivity contribution >= 4 is 0 Å². The van der Waals surface area contributed by atoms with E-state index in [4.69, 9.17) is 6.42 Å². The van der Waals surface area contributed by atoms with E-state index in [1.165, 1.54) is 24.0 Å². The molecule has 2 atom stereocenters. The zero-order valence-corrected chi connectivity index (χ0v) is 14.0. The van der Waals surface area contributed by atoms with Gasteiger partial charge in [-0.1, -0.05) is 12.0 Å². The van der Waals surface area contributed by atoms with Crippen LogP contribution in [0.5, 0.6) is 0 Å². The average Bonchev–Trinajstić information content (AvgIpc) is 3.40. The van der Waals surface area contributed by atoms with Crippen LogP contribution in [0.2, 0.25) is 0 Å². The molecule has 0 radical (unpaired) electrons. The Morgan fingerprint density at radius 2 is 2.13 bits per heavy atom. The quantitative estimate of drug-likeness (QED) is 0.821. The molecule has 0 aromatic heterocycles. The molecule has 0 bridgehead atoms. The SMILES string of the molecule is C#Cc1ccc(CN2CCC[C@H]([C@](C)(O)CO)C2)c(C2CC2)c1. The molecule has 1 aromatic rings. The van der Waals surface area contributed by atoms with Gasteiger partial charge in [0.15, 0.2) is 0 Å². The van der Waals surface area contributed by atoms with Crippen LogP contribution in [0.3, 0.4) is 0 Å². The third-order valence-electron chi connectivity index (χ3n) is 5.43. The first-order valence-corrected chi connectivity index (χ1v) is 8.68. The summed E-state index contributed by atoms with van der Waals surface area (Å²) in [6.45, 7) is 4.39. The number of hydrogen-bond acceptors (Lipinski definition) is 3. The summed E-state index contributed by atoms with van der Waals surface area (Å²) in [4.78, 5) is 2.41. The summed E-state index contributed by atoms with van der Waals surface area (Å²) in [7, 11) is 0. The lowest BCUT2D eigenvalue weighted by atomic mass is 9.83. The molecule has 3 nitrogen and oxygen atoms in total. The fourth-order valence-electron chi connectivity index (χ4n) is 3.68. The molecular formula is C20H27NO2. The number of piperidine rings is 1. The van der Waals surface area contributed by atoms with Crippen LogP contribution in [0, 0.1) is 18.3 Å². The number of terminal acetylenes is 1. The number of aliphatic hydroxyl groups is 2. The Morgan fingerprint density at radius 3 is 2.78 bits per heavy atom. The van der Waals surface area contributed by atoms with E-state index < -0.39 is 5.60 Å². The summed E-state index contributed by atoms with van der Waals surface area (Å²) in [5.74, 6) is 3.56. The van der Waals surface area contributed by atoms with Crippen molar-refractivity contribution in [3.05, 3.63) is 34.9 Å². The van der Waals surface area contributed by atoms with Crippen molar-refractivity contribution in [2.45, 2.75) is 50.7 Å². The van der Waals surface area contributed by atoms with E-state index in [1.54, 1.807) is 6.92 Å². The highest BCUT2D eigenvalue weighted by atomic mass is 16.3. The van der Waals surface area contributed by atoms with Crippen LogP contribution in [0.1, 0.15) is 55.2 Å². The van der Waals surface area contributed by atoms with E-state index in [1.807, 2.05) is 6.07 Å². The van der Waals surface area contributed by atoms with E-state index in [2.05, 4.69) is 23.0 Å². The summed E-state index contributed by atoms with van der Waals surface area (Å²) in [5.41, 5.74) is 2.77. The summed E-state index contributed by atoms with van der Waals surface area (Å²) >= 11 is 0. The summed E-state index contributed by atoms with van der Waals surface area (Å²) in [5, 5.41) is 19.8. The lowest BCUT2D eigenvalue weighted by Crippen LogP contribution is -2.47. The molecule has 1 saturated carbocycles. The van der Waals surface area contributed by atoms with Crippen LogP contribution in [0.4, 0.5) is 0 Å². The lowest BCUT2D eigenvalue weighted by Gasteiger charge is -2.39. The van der Waals surface area contributed by atoms with Crippen LogP contribution in [-0.2, 0) is 6.54 Å². The highest BCUT2D eigenvalue weighted by Gasteiger charge is 2.35. The van der Waals surface area contributed by atoms with Gasteiger partial charge in [0.05, 0.1) is 12.2 Å². The number of aliphatic hydroxyl groups excluding tert-OH is 1. The molecule has 1 saturated heterocycles. The second-order valence-electron chi connectivity index (χ2n) is 7.42. The molecule has 124 valence electrons. The smallest absolute Gasteiger partial charge is 0.0889 e. The molecule has 2 aliphatic rings. The van der Waals surface area contributed by atoms with Gasteiger partial charge in [-0.2, -0.15) is 0 Å². The standard InChI is InChI=1S/C20H27NO2/c1-3-15-6-7-17(19(11-15)16-8-9-16)12-21-10-4-5-18(13-21)20(2,23)14-22/h1,6-7,11,16,18,22-23H,4-5,8-10,12-14H2,2H3/t18-,20+/m0/s1. The first-order chi connectivity index (χ1) is 11.0. The minimum atomic E-state index is -0.981. The van der Waals surface area contributed by atoms with Gasteiger partial charge in [0.1, 0.15) is 0 Å². The van der Waals surface area contributed by atoms with Crippen molar-refractivity contribution < 1.29 is 10.2 Å². The monoisotopic (exact) mass is 313 g/mol. The molecule has 1 aromatic carbocycles. The Balaban J connectivity index is 1.73. The van der Waals surface area contributed by atoms with Gasteiger partial charge in [-0.05, 0) is 68.3 Å².